The fourth-order valence-electron chi connectivity index (χ4n) is 3.12. The summed E-state index contributed by atoms with van der Waals surface area (Å²) in [4.78, 5) is 28.9. The second-order valence-electron chi connectivity index (χ2n) is 6.55. The minimum Gasteiger partial charge on any atom is -0.336 e. The molecule has 1 aliphatic heterocycles. The molecule has 0 radical (unpaired) electrons. The van der Waals surface area contributed by atoms with Crippen molar-refractivity contribution < 1.29 is 9.59 Å². The summed E-state index contributed by atoms with van der Waals surface area (Å²) in [5.41, 5.74) is 1.92. The normalized spacial score (nSPS) is 15.6. The first-order valence-electron chi connectivity index (χ1n) is 8.98. The molecule has 0 unspecified atom stereocenters. The smallest absolute Gasteiger partial charge is 0.253 e. The third kappa shape index (κ3) is 4.52. The number of amides is 2. The monoisotopic (exact) mass is 362 g/mol. The van der Waals surface area contributed by atoms with Crippen molar-refractivity contribution in [3.63, 3.8) is 0 Å². The molecule has 0 saturated carbocycles. The van der Waals surface area contributed by atoms with Crippen LogP contribution in [0.15, 0.2) is 54.6 Å². The molecule has 27 heavy (non-hydrogen) atoms. The van der Waals surface area contributed by atoms with Crippen LogP contribution >= 0.6 is 0 Å². The van der Waals surface area contributed by atoms with Gasteiger partial charge in [-0.3, -0.25) is 14.5 Å². The maximum Gasteiger partial charge on any atom is 0.253 e. The van der Waals surface area contributed by atoms with Crippen LogP contribution in [0, 0.1) is 11.3 Å². The fraction of sp³-hybridized carbons (Fsp3) is 0.286. The molecule has 1 saturated heterocycles. The largest absolute Gasteiger partial charge is 0.336 e. The second kappa shape index (κ2) is 8.47. The first-order valence-corrected chi connectivity index (χ1v) is 8.98. The summed E-state index contributed by atoms with van der Waals surface area (Å²) in [6, 6.07) is 17.8. The molecular formula is C21H22N4O2. The van der Waals surface area contributed by atoms with Gasteiger partial charge in [0.1, 0.15) is 0 Å². The molecule has 6 heteroatoms. The van der Waals surface area contributed by atoms with Crippen molar-refractivity contribution in [3.05, 3.63) is 65.7 Å². The molecular weight excluding hydrogens is 340 g/mol. The van der Waals surface area contributed by atoms with Crippen molar-refractivity contribution in [1.29, 1.82) is 5.26 Å². The van der Waals surface area contributed by atoms with Crippen molar-refractivity contribution in [2.24, 2.45) is 0 Å². The van der Waals surface area contributed by atoms with Gasteiger partial charge >= 0.3 is 0 Å². The maximum absolute atomic E-state index is 12.5. The zero-order chi connectivity index (χ0) is 19.2. The zero-order valence-electron chi connectivity index (χ0n) is 15.3. The summed E-state index contributed by atoms with van der Waals surface area (Å²) in [6.07, 6.45) is 0. The highest BCUT2D eigenvalue weighted by atomic mass is 16.2. The van der Waals surface area contributed by atoms with E-state index >= 15 is 0 Å². The van der Waals surface area contributed by atoms with E-state index in [-0.39, 0.29) is 17.9 Å². The summed E-state index contributed by atoms with van der Waals surface area (Å²) in [5.74, 6) is -0.0625. The minimum absolute atomic E-state index is 0.0323. The van der Waals surface area contributed by atoms with Crippen LogP contribution in [0.4, 0.5) is 5.69 Å². The molecule has 0 aliphatic carbocycles. The third-order valence-electron chi connectivity index (χ3n) is 4.83. The molecule has 0 spiro atoms. The van der Waals surface area contributed by atoms with Crippen LogP contribution in [-0.4, -0.2) is 53.8 Å². The molecule has 138 valence electrons. The van der Waals surface area contributed by atoms with Gasteiger partial charge in [-0.05, 0) is 43.3 Å². The molecule has 2 aromatic rings. The zero-order valence-corrected chi connectivity index (χ0v) is 15.3. The Kier molecular flexibility index (Phi) is 5.84. The molecule has 1 aliphatic rings. The van der Waals surface area contributed by atoms with E-state index < -0.39 is 0 Å². The van der Waals surface area contributed by atoms with Crippen LogP contribution in [0.3, 0.4) is 0 Å². The van der Waals surface area contributed by atoms with Crippen LogP contribution in [0.2, 0.25) is 0 Å². The second-order valence-corrected chi connectivity index (χ2v) is 6.55. The van der Waals surface area contributed by atoms with Crippen LogP contribution in [-0.2, 0) is 4.79 Å². The molecule has 0 bridgehead atoms. The molecule has 2 aromatic carbocycles. The Morgan fingerprint density at radius 3 is 2.22 bits per heavy atom. The molecule has 0 aromatic heterocycles. The van der Waals surface area contributed by atoms with E-state index in [2.05, 4.69) is 16.3 Å². The standard InChI is InChI=1S/C21H22N4O2/c1-16(20(26)23-19-9-7-17(15-22)8-10-19)24-11-13-25(14-12-24)21(27)18-5-3-2-4-6-18/h2-10,16H,11-14H2,1H3,(H,23,26)/t16-/m0/s1. The van der Waals surface area contributed by atoms with Gasteiger partial charge in [-0.15, -0.1) is 0 Å². The van der Waals surface area contributed by atoms with Crippen molar-refractivity contribution >= 4 is 17.5 Å². The van der Waals surface area contributed by atoms with E-state index in [1.165, 1.54) is 0 Å². The van der Waals surface area contributed by atoms with Gasteiger partial charge in [-0.25, -0.2) is 0 Å². The Balaban J connectivity index is 1.53. The number of rotatable bonds is 4. The number of hydrogen-bond acceptors (Lipinski definition) is 4. The van der Waals surface area contributed by atoms with E-state index in [1.807, 2.05) is 42.2 Å². The third-order valence-corrected chi connectivity index (χ3v) is 4.83. The average Bonchev–Trinajstić information content (AvgIpc) is 2.74. The van der Waals surface area contributed by atoms with Crippen LogP contribution in [0.25, 0.3) is 0 Å². The lowest BCUT2D eigenvalue weighted by Crippen LogP contribution is -2.54. The van der Waals surface area contributed by atoms with Gasteiger partial charge in [0.05, 0.1) is 17.7 Å². The van der Waals surface area contributed by atoms with E-state index in [4.69, 9.17) is 5.26 Å². The van der Waals surface area contributed by atoms with Gasteiger partial charge in [0.2, 0.25) is 5.91 Å². The number of carbonyl (C=O) groups excluding carboxylic acids is 2. The highest BCUT2D eigenvalue weighted by Crippen LogP contribution is 2.13. The van der Waals surface area contributed by atoms with Gasteiger partial charge in [0, 0.05) is 37.4 Å². The fourth-order valence-corrected chi connectivity index (χ4v) is 3.12. The number of benzene rings is 2. The molecule has 1 atom stereocenters. The number of nitrogens with zero attached hydrogens (tertiary/aromatic N) is 3. The number of piperazine rings is 1. The van der Waals surface area contributed by atoms with Gasteiger partial charge in [0.15, 0.2) is 0 Å². The predicted molar refractivity (Wildman–Crippen MR) is 103 cm³/mol. The van der Waals surface area contributed by atoms with E-state index in [1.54, 1.807) is 24.3 Å². The van der Waals surface area contributed by atoms with E-state index in [0.717, 1.165) is 0 Å². The van der Waals surface area contributed by atoms with Crippen molar-refractivity contribution in [2.45, 2.75) is 13.0 Å². The SMILES string of the molecule is C[C@@H](C(=O)Nc1ccc(C#N)cc1)N1CCN(C(=O)c2ccccc2)CC1. The number of hydrogen-bond donors (Lipinski definition) is 1. The summed E-state index contributed by atoms with van der Waals surface area (Å²) in [5, 5.41) is 11.7. The lowest BCUT2D eigenvalue weighted by atomic mass is 10.1. The van der Waals surface area contributed by atoms with Crippen molar-refractivity contribution in [3.8, 4) is 6.07 Å². The molecule has 3 rings (SSSR count). The maximum atomic E-state index is 12.5. The van der Waals surface area contributed by atoms with E-state index in [0.29, 0.717) is 43.0 Å². The molecule has 2 amide bonds. The highest BCUT2D eigenvalue weighted by molar-refractivity contribution is 5.95. The van der Waals surface area contributed by atoms with Gasteiger partial charge in [-0.1, -0.05) is 18.2 Å². The highest BCUT2D eigenvalue weighted by Gasteiger charge is 2.27. The first-order chi connectivity index (χ1) is 13.1. The molecule has 1 N–H and O–H groups in total. The number of nitriles is 1. The number of anilines is 1. The summed E-state index contributed by atoms with van der Waals surface area (Å²) in [6.45, 7) is 4.37. The Labute approximate surface area is 159 Å². The summed E-state index contributed by atoms with van der Waals surface area (Å²) >= 11 is 0. The van der Waals surface area contributed by atoms with Crippen LogP contribution in [0.1, 0.15) is 22.8 Å². The first kappa shape index (κ1) is 18.6. The Morgan fingerprint density at radius 2 is 1.63 bits per heavy atom. The molecule has 6 nitrogen and oxygen atoms in total. The summed E-state index contributed by atoms with van der Waals surface area (Å²) < 4.78 is 0. The Morgan fingerprint density at radius 1 is 1.00 bits per heavy atom. The average molecular weight is 362 g/mol. The quantitative estimate of drug-likeness (QED) is 0.906. The Bertz CT molecular complexity index is 835. The van der Waals surface area contributed by atoms with Gasteiger partial charge < -0.3 is 10.2 Å². The minimum atomic E-state index is -0.297. The number of carbonyl (C=O) groups is 2. The van der Waals surface area contributed by atoms with Crippen LogP contribution in [0.5, 0.6) is 0 Å². The number of nitrogens with one attached hydrogen (secondary N) is 1. The lowest BCUT2D eigenvalue weighted by molar-refractivity contribution is -0.121. The lowest BCUT2D eigenvalue weighted by Gasteiger charge is -2.37. The van der Waals surface area contributed by atoms with Crippen molar-refractivity contribution in [1.82, 2.24) is 9.80 Å². The predicted octanol–water partition coefficient (Wildman–Crippen LogP) is 2.34. The van der Waals surface area contributed by atoms with Gasteiger partial charge in [0.25, 0.3) is 5.91 Å². The molecule has 1 heterocycles. The van der Waals surface area contributed by atoms with Crippen LogP contribution < -0.4 is 5.32 Å². The topological polar surface area (TPSA) is 76.4 Å². The van der Waals surface area contributed by atoms with E-state index in [9.17, 15) is 9.59 Å². The Hall–Kier alpha value is -3.17. The molecule has 1 fully saturated rings. The van der Waals surface area contributed by atoms with Gasteiger partial charge in [-0.2, -0.15) is 5.26 Å². The summed E-state index contributed by atoms with van der Waals surface area (Å²) in [7, 11) is 0. The van der Waals surface area contributed by atoms with Crippen molar-refractivity contribution in [2.75, 3.05) is 31.5 Å².